The molecular weight excluding hydrogens is 296 g/mol. The number of rotatable bonds is 5. The molecule has 0 spiro atoms. The van der Waals surface area contributed by atoms with Gasteiger partial charge >= 0.3 is 0 Å². The molecule has 3 aromatic rings. The van der Waals surface area contributed by atoms with E-state index in [2.05, 4.69) is 28.5 Å². The first kappa shape index (κ1) is 14.8. The van der Waals surface area contributed by atoms with Crippen LogP contribution in [0.2, 0.25) is 0 Å². The molecule has 1 atom stereocenters. The number of nitrogens with one attached hydrogen (secondary N) is 1. The molecule has 0 aliphatic heterocycles. The Hall–Kier alpha value is -2.10. The van der Waals surface area contributed by atoms with Crippen molar-refractivity contribution in [1.29, 1.82) is 0 Å². The highest BCUT2D eigenvalue weighted by molar-refractivity contribution is 6.18. The molecule has 2 N–H and O–H groups in total. The van der Waals surface area contributed by atoms with Crippen LogP contribution in [0.25, 0.3) is 22.0 Å². The van der Waals surface area contributed by atoms with Crippen molar-refractivity contribution in [2.24, 2.45) is 0 Å². The second-order valence-corrected chi connectivity index (χ2v) is 5.50. The Morgan fingerprint density at radius 3 is 2.77 bits per heavy atom. The average molecular weight is 313 g/mol. The number of aromatic nitrogens is 1. The molecule has 0 saturated heterocycles. The maximum Gasteiger partial charge on any atom is 0.0847 e. The summed E-state index contributed by atoms with van der Waals surface area (Å²) in [4.78, 5) is 4.50. The summed E-state index contributed by atoms with van der Waals surface area (Å²) < 4.78 is 0. The number of aliphatic hydroxyl groups is 1. The van der Waals surface area contributed by atoms with Crippen molar-refractivity contribution in [2.75, 3.05) is 17.7 Å². The van der Waals surface area contributed by atoms with Gasteiger partial charge in [-0.15, -0.1) is 11.6 Å². The van der Waals surface area contributed by atoms with Crippen molar-refractivity contribution in [3.63, 3.8) is 0 Å². The quantitative estimate of drug-likeness (QED) is 0.702. The van der Waals surface area contributed by atoms with Crippen LogP contribution in [-0.4, -0.2) is 28.6 Å². The number of hydrogen-bond donors (Lipinski definition) is 2. The zero-order valence-corrected chi connectivity index (χ0v) is 12.8. The lowest BCUT2D eigenvalue weighted by Crippen LogP contribution is -2.20. The van der Waals surface area contributed by atoms with E-state index in [1.54, 1.807) is 0 Å². The van der Waals surface area contributed by atoms with Crippen LogP contribution in [0.5, 0.6) is 0 Å². The predicted octanol–water partition coefficient (Wildman–Crippen LogP) is 3.91. The molecule has 1 unspecified atom stereocenters. The zero-order chi connectivity index (χ0) is 15.4. The standard InChI is InChI=1S/C18H17ClN2O/c19-10-17(22)12-20-16-6-3-5-13(9-16)15-8-14-4-1-2-7-18(14)21-11-15/h1-9,11,17,20,22H,10,12H2. The first-order valence-electron chi connectivity index (χ1n) is 7.19. The molecule has 3 rings (SSSR count). The van der Waals surface area contributed by atoms with Crippen LogP contribution in [0.3, 0.4) is 0 Å². The summed E-state index contributed by atoms with van der Waals surface area (Å²) in [7, 11) is 0. The summed E-state index contributed by atoms with van der Waals surface area (Å²) in [6.07, 6.45) is 1.34. The predicted molar refractivity (Wildman–Crippen MR) is 92.4 cm³/mol. The second-order valence-electron chi connectivity index (χ2n) is 5.19. The van der Waals surface area contributed by atoms with Crippen LogP contribution < -0.4 is 5.32 Å². The van der Waals surface area contributed by atoms with Gasteiger partial charge in [-0.3, -0.25) is 4.98 Å². The molecule has 2 aromatic carbocycles. The molecule has 3 nitrogen and oxygen atoms in total. The Bertz CT molecular complexity index is 776. The molecule has 0 amide bonds. The van der Waals surface area contributed by atoms with Gasteiger partial charge in [0, 0.05) is 29.4 Å². The van der Waals surface area contributed by atoms with Gasteiger partial charge in [0.15, 0.2) is 0 Å². The summed E-state index contributed by atoms with van der Waals surface area (Å²) >= 11 is 5.60. The van der Waals surface area contributed by atoms with Crippen LogP contribution >= 0.6 is 11.6 Å². The van der Waals surface area contributed by atoms with Gasteiger partial charge < -0.3 is 10.4 Å². The minimum absolute atomic E-state index is 0.223. The maximum atomic E-state index is 9.52. The van der Waals surface area contributed by atoms with Gasteiger partial charge in [0.2, 0.25) is 0 Å². The Morgan fingerprint density at radius 1 is 1.05 bits per heavy atom. The highest BCUT2D eigenvalue weighted by Crippen LogP contribution is 2.25. The number of aliphatic hydroxyl groups excluding tert-OH is 1. The zero-order valence-electron chi connectivity index (χ0n) is 12.0. The van der Waals surface area contributed by atoms with Crippen LogP contribution in [0.1, 0.15) is 0 Å². The van der Waals surface area contributed by atoms with Crippen molar-refractivity contribution in [3.8, 4) is 11.1 Å². The Balaban J connectivity index is 1.86. The molecular formula is C18H17ClN2O. The number of benzene rings is 2. The first-order chi connectivity index (χ1) is 10.8. The van der Waals surface area contributed by atoms with Crippen LogP contribution in [0.15, 0.2) is 60.8 Å². The van der Waals surface area contributed by atoms with E-state index in [4.69, 9.17) is 11.6 Å². The van der Waals surface area contributed by atoms with Gasteiger partial charge in [-0.1, -0.05) is 30.3 Å². The monoisotopic (exact) mass is 312 g/mol. The number of nitrogens with zero attached hydrogens (tertiary/aromatic N) is 1. The summed E-state index contributed by atoms with van der Waals surface area (Å²) in [6, 6.07) is 18.3. The van der Waals surface area contributed by atoms with E-state index in [1.807, 2.05) is 42.6 Å². The minimum atomic E-state index is -0.548. The van der Waals surface area contributed by atoms with Gasteiger partial charge in [0.05, 0.1) is 17.5 Å². The highest BCUT2D eigenvalue weighted by Gasteiger charge is 2.04. The maximum absolute atomic E-state index is 9.52. The van der Waals surface area contributed by atoms with E-state index < -0.39 is 6.10 Å². The molecule has 0 radical (unpaired) electrons. The van der Waals surface area contributed by atoms with E-state index in [0.29, 0.717) is 6.54 Å². The minimum Gasteiger partial charge on any atom is -0.390 e. The number of anilines is 1. The third-order valence-corrected chi connectivity index (χ3v) is 3.86. The summed E-state index contributed by atoms with van der Waals surface area (Å²) in [5.41, 5.74) is 4.10. The highest BCUT2D eigenvalue weighted by atomic mass is 35.5. The fraction of sp³-hybridized carbons (Fsp3) is 0.167. The SMILES string of the molecule is OC(CCl)CNc1cccc(-c2cnc3ccccc3c2)c1. The van der Waals surface area contributed by atoms with E-state index in [1.165, 1.54) is 0 Å². The van der Waals surface area contributed by atoms with Crippen LogP contribution in [0, 0.1) is 0 Å². The Morgan fingerprint density at radius 2 is 1.91 bits per heavy atom. The molecule has 0 bridgehead atoms. The number of fused-ring (bicyclic) bond motifs is 1. The molecule has 0 aliphatic rings. The van der Waals surface area contributed by atoms with Gasteiger partial charge in [-0.2, -0.15) is 0 Å². The van der Waals surface area contributed by atoms with E-state index in [0.717, 1.165) is 27.7 Å². The number of halogens is 1. The summed E-state index contributed by atoms with van der Waals surface area (Å²) in [6.45, 7) is 0.433. The molecule has 0 aliphatic carbocycles. The number of para-hydroxylation sites is 1. The largest absolute Gasteiger partial charge is 0.390 e. The van der Waals surface area contributed by atoms with E-state index in [9.17, 15) is 5.11 Å². The summed E-state index contributed by atoms with van der Waals surface area (Å²) in [5.74, 6) is 0.223. The lowest BCUT2D eigenvalue weighted by molar-refractivity contribution is 0.211. The number of pyridine rings is 1. The fourth-order valence-electron chi connectivity index (χ4n) is 2.33. The molecule has 1 aromatic heterocycles. The van der Waals surface area contributed by atoms with Gasteiger partial charge in [-0.05, 0) is 29.8 Å². The van der Waals surface area contributed by atoms with Gasteiger partial charge in [0.25, 0.3) is 0 Å². The Kier molecular flexibility index (Phi) is 4.56. The van der Waals surface area contributed by atoms with Gasteiger partial charge in [-0.25, -0.2) is 0 Å². The third-order valence-electron chi connectivity index (χ3n) is 3.51. The molecule has 0 saturated carbocycles. The van der Waals surface area contributed by atoms with Crippen molar-refractivity contribution in [3.05, 3.63) is 60.8 Å². The molecule has 1 heterocycles. The normalized spacial score (nSPS) is 12.3. The average Bonchev–Trinajstić information content (AvgIpc) is 2.59. The lowest BCUT2D eigenvalue weighted by atomic mass is 10.0. The van der Waals surface area contributed by atoms with E-state index in [-0.39, 0.29) is 5.88 Å². The van der Waals surface area contributed by atoms with Crippen molar-refractivity contribution in [1.82, 2.24) is 4.98 Å². The second kappa shape index (κ2) is 6.77. The molecule has 4 heteroatoms. The van der Waals surface area contributed by atoms with Crippen molar-refractivity contribution < 1.29 is 5.11 Å². The van der Waals surface area contributed by atoms with Crippen molar-refractivity contribution >= 4 is 28.2 Å². The molecule has 0 fully saturated rings. The number of alkyl halides is 1. The first-order valence-corrected chi connectivity index (χ1v) is 7.73. The van der Waals surface area contributed by atoms with Crippen LogP contribution in [0.4, 0.5) is 5.69 Å². The number of hydrogen-bond acceptors (Lipinski definition) is 3. The summed E-state index contributed by atoms with van der Waals surface area (Å²) in [5, 5.41) is 13.8. The topological polar surface area (TPSA) is 45.1 Å². The smallest absolute Gasteiger partial charge is 0.0847 e. The lowest BCUT2D eigenvalue weighted by Gasteiger charge is -2.11. The van der Waals surface area contributed by atoms with E-state index >= 15 is 0 Å². The fourth-order valence-corrected chi connectivity index (χ4v) is 2.44. The van der Waals surface area contributed by atoms with Crippen LogP contribution in [-0.2, 0) is 0 Å². The van der Waals surface area contributed by atoms with Crippen molar-refractivity contribution in [2.45, 2.75) is 6.10 Å². The van der Waals surface area contributed by atoms with Gasteiger partial charge in [0.1, 0.15) is 0 Å². The third kappa shape index (κ3) is 3.38. The molecule has 22 heavy (non-hydrogen) atoms. The Labute approximate surface area is 134 Å². The molecule has 112 valence electrons.